The number of aliphatic hydroxyl groups is 1. The lowest BCUT2D eigenvalue weighted by molar-refractivity contribution is 0.0921. The van der Waals surface area contributed by atoms with Gasteiger partial charge in [0.05, 0.1) is 11.8 Å². The molecule has 2 atom stereocenters. The molecule has 17 heavy (non-hydrogen) atoms. The molecule has 0 aliphatic carbocycles. The average Bonchev–Trinajstić information content (AvgIpc) is 2.57. The van der Waals surface area contributed by atoms with Gasteiger partial charge in [0.15, 0.2) is 0 Å². The summed E-state index contributed by atoms with van der Waals surface area (Å²) in [6.45, 7) is 7.21. The summed E-state index contributed by atoms with van der Waals surface area (Å²) in [5.74, 6) is 0.345. The van der Waals surface area contributed by atoms with Crippen LogP contribution in [0.25, 0.3) is 0 Å². The molecule has 0 fully saturated rings. The summed E-state index contributed by atoms with van der Waals surface area (Å²) in [6, 6.07) is -0.0819. The quantitative estimate of drug-likeness (QED) is 0.816. The van der Waals surface area contributed by atoms with Gasteiger partial charge in [0, 0.05) is 6.04 Å². The van der Waals surface area contributed by atoms with E-state index in [1.807, 2.05) is 13.8 Å². The van der Waals surface area contributed by atoms with Crippen molar-refractivity contribution in [3.63, 3.8) is 0 Å². The molecule has 2 N–H and O–H groups in total. The third-order valence-corrected chi connectivity index (χ3v) is 2.57. The maximum atomic E-state index is 12.0. The van der Waals surface area contributed by atoms with Crippen LogP contribution in [0.2, 0.25) is 0 Å². The van der Waals surface area contributed by atoms with Crippen molar-refractivity contribution in [2.24, 2.45) is 0 Å². The maximum absolute atomic E-state index is 12.0. The molecule has 2 unspecified atom stereocenters. The second-order valence-electron chi connectivity index (χ2n) is 4.37. The molecule has 5 nitrogen and oxygen atoms in total. The van der Waals surface area contributed by atoms with E-state index in [0.29, 0.717) is 29.9 Å². The van der Waals surface area contributed by atoms with Gasteiger partial charge in [-0.15, -0.1) is 0 Å². The minimum atomic E-state index is -0.431. The van der Waals surface area contributed by atoms with Gasteiger partial charge < -0.3 is 14.9 Å². The highest BCUT2D eigenvalue weighted by Crippen LogP contribution is 2.14. The highest BCUT2D eigenvalue weighted by atomic mass is 16.5. The standard InChI is InChI=1S/C12H20N2O3/c1-5-10-11(9(4)17-14-10)12(16)13-7(2)6-8(3)15/h7-8,15H,5-6H2,1-4H3,(H,13,16). The van der Waals surface area contributed by atoms with E-state index in [1.165, 1.54) is 0 Å². The summed E-state index contributed by atoms with van der Waals surface area (Å²) in [5.41, 5.74) is 1.19. The summed E-state index contributed by atoms with van der Waals surface area (Å²) in [4.78, 5) is 12.0. The largest absolute Gasteiger partial charge is 0.393 e. The maximum Gasteiger partial charge on any atom is 0.257 e. The summed E-state index contributed by atoms with van der Waals surface area (Å²) >= 11 is 0. The van der Waals surface area contributed by atoms with E-state index in [9.17, 15) is 9.90 Å². The minimum Gasteiger partial charge on any atom is -0.393 e. The Morgan fingerprint density at radius 3 is 2.71 bits per heavy atom. The Labute approximate surface area is 101 Å². The second kappa shape index (κ2) is 5.82. The van der Waals surface area contributed by atoms with Crippen LogP contribution in [0.15, 0.2) is 4.52 Å². The fraction of sp³-hybridized carbons (Fsp3) is 0.667. The molecule has 0 saturated heterocycles. The molecular formula is C12H20N2O3. The first-order valence-corrected chi connectivity index (χ1v) is 5.89. The summed E-state index contributed by atoms with van der Waals surface area (Å²) in [5, 5.41) is 15.9. The minimum absolute atomic E-state index is 0.0819. The zero-order chi connectivity index (χ0) is 13.0. The number of nitrogens with one attached hydrogen (secondary N) is 1. The van der Waals surface area contributed by atoms with Gasteiger partial charge in [-0.25, -0.2) is 0 Å². The number of nitrogens with zero attached hydrogens (tertiary/aromatic N) is 1. The van der Waals surface area contributed by atoms with Gasteiger partial charge >= 0.3 is 0 Å². The van der Waals surface area contributed by atoms with E-state index in [4.69, 9.17) is 4.52 Å². The molecule has 0 aliphatic heterocycles. The van der Waals surface area contributed by atoms with Gasteiger partial charge in [-0.1, -0.05) is 12.1 Å². The Hall–Kier alpha value is -1.36. The van der Waals surface area contributed by atoms with E-state index in [2.05, 4.69) is 10.5 Å². The smallest absolute Gasteiger partial charge is 0.257 e. The Morgan fingerprint density at radius 1 is 1.53 bits per heavy atom. The molecule has 1 aromatic rings. The second-order valence-corrected chi connectivity index (χ2v) is 4.37. The predicted molar refractivity (Wildman–Crippen MR) is 63.8 cm³/mol. The number of amides is 1. The van der Waals surface area contributed by atoms with Gasteiger partial charge in [0.2, 0.25) is 0 Å². The first-order valence-electron chi connectivity index (χ1n) is 5.89. The van der Waals surface area contributed by atoms with Crippen molar-refractivity contribution >= 4 is 5.91 Å². The zero-order valence-corrected chi connectivity index (χ0v) is 10.8. The topological polar surface area (TPSA) is 75.4 Å². The van der Waals surface area contributed by atoms with Crippen LogP contribution >= 0.6 is 0 Å². The number of aliphatic hydroxyl groups excluding tert-OH is 1. The number of aromatic nitrogens is 1. The van der Waals surface area contributed by atoms with Crippen molar-refractivity contribution in [1.82, 2.24) is 10.5 Å². The van der Waals surface area contributed by atoms with Crippen molar-refractivity contribution in [2.75, 3.05) is 0 Å². The first kappa shape index (κ1) is 13.7. The molecule has 0 aliphatic rings. The van der Waals surface area contributed by atoms with Crippen molar-refractivity contribution in [3.05, 3.63) is 17.0 Å². The Bertz CT molecular complexity index is 385. The van der Waals surface area contributed by atoms with Crippen LogP contribution in [0.3, 0.4) is 0 Å². The van der Waals surface area contributed by atoms with E-state index >= 15 is 0 Å². The summed E-state index contributed by atoms with van der Waals surface area (Å²) in [7, 11) is 0. The van der Waals surface area contributed by atoms with Crippen LogP contribution < -0.4 is 5.32 Å². The average molecular weight is 240 g/mol. The third-order valence-electron chi connectivity index (χ3n) is 2.57. The van der Waals surface area contributed by atoms with Crippen molar-refractivity contribution in [3.8, 4) is 0 Å². The van der Waals surface area contributed by atoms with E-state index in [1.54, 1.807) is 13.8 Å². The monoisotopic (exact) mass is 240 g/mol. The number of aryl methyl sites for hydroxylation is 2. The molecule has 0 bridgehead atoms. The van der Waals surface area contributed by atoms with E-state index in [0.717, 1.165) is 0 Å². The lowest BCUT2D eigenvalue weighted by Gasteiger charge is -2.15. The van der Waals surface area contributed by atoms with Crippen molar-refractivity contribution in [2.45, 2.75) is 52.7 Å². The molecule has 0 radical (unpaired) electrons. The van der Waals surface area contributed by atoms with Gasteiger partial charge in [-0.3, -0.25) is 4.79 Å². The fourth-order valence-corrected chi connectivity index (χ4v) is 1.82. The van der Waals surface area contributed by atoms with Crippen LogP contribution in [-0.2, 0) is 6.42 Å². The molecule has 96 valence electrons. The van der Waals surface area contributed by atoms with E-state index < -0.39 is 6.10 Å². The van der Waals surface area contributed by atoms with Gasteiger partial charge in [-0.2, -0.15) is 0 Å². The van der Waals surface area contributed by atoms with Crippen LogP contribution in [0.1, 0.15) is 49.0 Å². The molecule has 5 heteroatoms. The third kappa shape index (κ3) is 3.56. The lowest BCUT2D eigenvalue weighted by atomic mass is 10.1. The van der Waals surface area contributed by atoms with Crippen molar-refractivity contribution in [1.29, 1.82) is 0 Å². The summed E-state index contributed by atoms with van der Waals surface area (Å²) in [6.07, 6.45) is 0.752. The van der Waals surface area contributed by atoms with Crippen LogP contribution in [0.4, 0.5) is 0 Å². The molecule has 0 saturated carbocycles. The van der Waals surface area contributed by atoms with Gasteiger partial charge in [0.1, 0.15) is 11.3 Å². The SMILES string of the molecule is CCc1noc(C)c1C(=O)NC(C)CC(C)O. The Kier molecular flexibility index (Phi) is 4.69. The Morgan fingerprint density at radius 2 is 2.18 bits per heavy atom. The van der Waals surface area contributed by atoms with E-state index in [-0.39, 0.29) is 11.9 Å². The normalized spacial score (nSPS) is 14.4. The molecule has 1 aromatic heterocycles. The van der Waals surface area contributed by atoms with Gasteiger partial charge in [-0.05, 0) is 33.6 Å². The number of rotatable bonds is 5. The van der Waals surface area contributed by atoms with Crippen molar-refractivity contribution < 1.29 is 14.4 Å². The highest BCUT2D eigenvalue weighted by Gasteiger charge is 2.20. The van der Waals surface area contributed by atoms with Crippen LogP contribution in [-0.4, -0.2) is 28.3 Å². The predicted octanol–water partition coefficient (Wildman–Crippen LogP) is 1.43. The highest BCUT2D eigenvalue weighted by molar-refractivity contribution is 5.96. The zero-order valence-electron chi connectivity index (χ0n) is 10.8. The molecule has 0 spiro atoms. The molecule has 0 aromatic carbocycles. The van der Waals surface area contributed by atoms with Crippen LogP contribution in [0, 0.1) is 6.92 Å². The summed E-state index contributed by atoms with van der Waals surface area (Å²) < 4.78 is 5.01. The number of hydrogen-bond donors (Lipinski definition) is 2. The number of carbonyl (C=O) groups is 1. The molecular weight excluding hydrogens is 220 g/mol. The first-order chi connectivity index (χ1) is 7.95. The molecule has 1 rings (SSSR count). The Balaban J connectivity index is 2.72. The lowest BCUT2D eigenvalue weighted by Crippen LogP contribution is -2.35. The number of hydrogen-bond acceptors (Lipinski definition) is 4. The van der Waals surface area contributed by atoms with Gasteiger partial charge in [0.25, 0.3) is 5.91 Å². The molecule has 1 heterocycles. The molecule has 1 amide bonds. The number of carbonyl (C=O) groups excluding carboxylic acids is 1. The van der Waals surface area contributed by atoms with Crippen LogP contribution in [0.5, 0.6) is 0 Å². The fourth-order valence-electron chi connectivity index (χ4n) is 1.82.